The molecule has 0 fully saturated rings. The Hall–Kier alpha value is -0.790. The van der Waals surface area contributed by atoms with Gasteiger partial charge < -0.3 is 5.11 Å². The summed E-state index contributed by atoms with van der Waals surface area (Å²) in [5.41, 5.74) is 0.742. The Balaban J connectivity index is 4.34. The summed E-state index contributed by atoms with van der Waals surface area (Å²) in [5, 5.41) is 8.78. The Kier molecular flexibility index (Phi) is 3.86. The molecule has 0 aromatic carbocycles. The third-order valence-corrected chi connectivity index (χ3v) is 2.01. The van der Waals surface area contributed by atoms with Crippen LogP contribution in [0.3, 0.4) is 0 Å². The zero-order valence-corrected chi connectivity index (χ0v) is 7.42. The van der Waals surface area contributed by atoms with E-state index in [1.807, 2.05) is 13.8 Å². The Labute approximate surface area is 67.9 Å². The van der Waals surface area contributed by atoms with Crippen LogP contribution in [0.15, 0.2) is 12.2 Å². The number of carbonyl (C=O) groups is 1. The Morgan fingerprint density at radius 3 is 2.18 bits per heavy atom. The van der Waals surface area contributed by atoms with Crippen LogP contribution in [-0.2, 0) is 4.79 Å². The second-order valence-corrected chi connectivity index (χ2v) is 3.05. The maximum atomic E-state index is 10.7. The molecular formula is C9H16O2. The lowest BCUT2D eigenvalue weighted by Crippen LogP contribution is -2.21. The van der Waals surface area contributed by atoms with Crippen molar-refractivity contribution in [2.75, 3.05) is 0 Å². The van der Waals surface area contributed by atoms with Crippen molar-refractivity contribution in [2.45, 2.75) is 27.2 Å². The van der Waals surface area contributed by atoms with Crippen LogP contribution in [0.5, 0.6) is 0 Å². The van der Waals surface area contributed by atoms with Gasteiger partial charge >= 0.3 is 5.97 Å². The Morgan fingerprint density at radius 2 is 2.09 bits per heavy atom. The number of carboxylic acids is 1. The molecule has 0 rings (SSSR count). The van der Waals surface area contributed by atoms with E-state index in [2.05, 4.69) is 6.58 Å². The van der Waals surface area contributed by atoms with Crippen molar-refractivity contribution in [3.63, 3.8) is 0 Å². The molecule has 0 saturated carbocycles. The molecule has 2 nitrogen and oxygen atoms in total. The first-order valence-corrected chi connectivity index (χ1v) is 3.88. The fraction of sp³-hybridized carbons (Fsp3) is 0.667. The molecule has 0 aliphatic carbocycles. The second-order valence-electron chi connectivity index (χ2n) is 3.05. The van der Waals surface area contributed by atoms with Crippen LogP contribution in [0.2, 0.25) is 0 Å². The minimum atomic E-state index is -0.758. The molecule has 0 saturated heterocycles. The second kappa shape index (κ2) is 4.16. The predicted octanol–water partition coefficient (Wildman–Crippen LogP) is 2.31. The monoisotopic (exact) mass is 156 g/mol. The van der Waals surface area contributed by atoms with Gasteiger partial charge in [0, 0.05) is 0 Å². The molecule has 0 radical (unpaired) electrons. The lowest BCUT2D eigenvalue weighted by Gasteiger charge is -2.18. The molecule has 2 heteroatoms. The van der Waals surface area contributed by atoms with Crippen molar-refractivity contribution in [1.29, 1.82) is 0 Å². The van der Waals surface area contributed by atoms with Gasteiger partial charge in [-0.3, -0.25) is 4.79 Å². The summed E-state index contributed by atoms with van der Waals surface area (Å²) in [5.74, 6) is -0.947. The van der Waals surface area contributed by atoms with Gasteiger partial charge in [-0.15, -0.1) is 0 Å². The van der Waals surface area contributed by atoms with Crippen LogP contribution < -0.4 is 0 Å². The maximum absolute atomic E-state index is 10.7. The third-order valence-electron chi connectivity index (χ3n) is 2.01. The normalized spacial score (nSPS) is 15.5. The first-order valence-electron chi connectivity index (χ1n) is 3.88. The van der Waals surface area contributed by atoms with E-state index in [0.29, 0.717) is 0 Å². The quantitative estimate of drug-likeness (QED) is 0.634. The first-order chi connectivity index (χ1) is 5.00. The Morgan fingerprint density at radius 1 is 1.64 bits per heavy atom. The standard InChI is InChI=1S/C9H16O2/c1-5-7(4)8(6(2)3)9(10)11/h7-8H,2,5H2,1,3-4H3,(H,10,11)/t7-,8+/m1/s1. The average molecular weight is 156 g/mol. The minimum Gasteiger partial charge on any atom is -0.481 e. The summed E-state index contributed by atoms with van der Waals surface area (Å²) in [6, 6.07) is 0. The predicted molar refractivity (Wildman–Crippen MR) is 45.4 cm³/mol. The van der Waals surface area contributed by atoms with Crippen molar-refractivity contribution in [3.8, 4) is 0 Å². The molecule has 1 N–H and O–H groups in total. The summed E-state index contributed by atoms with van der Waals surface area (Å²) < 4.78 is 0. The summed E-state index contributed by atoms with van der Waals surface area (Å²) in [4.78, 5) is 10.7. The van der Waals surface area contributed by atoms with Gasteiger partial charge in [-0.25, -0.2) is 0 Å². The van der Waals surface area contributed by atoms with Gasteiger partial charge in [-0.05, 0) is 12.8 Å². The van der Waals surface area contributed by atoms with Gasteiger partial charge in [0.2, 0.25) is 0 Å². The highest BCUT2D eigenvalue weighted by Gasteiger charge is 2.23. The molecule has 2 atom stereocenters. The SMILES string of the molecule is C=C(C)[C@H](C(=O)O)[C@H](C)CC. The van der Waals surface area contributed by atoms with Crippen LogP contribution in [0.25, 0.3) is 0 Å². The molecular weight excluding hydrogens is 140 g/mol. The van der Waals surface area contributed by atoms with Gasteiger partial charge in [0.25, 0.3) is 0 Å². The zero-order valence-electron chi connectivity index (χ0n) is 7.42. The summed E-state index contributed by atoms with van der Waals surface area (Å²) in [6.45, 7) is 9.36. The molecule has 0 aromatic heterocycles. The van der Waals surface area contributed by atoms with E-state index in [4.69, 9.17) is 5.11 Å². The molecule has 0 unspecified atom stereocenters. The summed E-state index contributed by atoms with van der Waals surface area (Å²) in [6.07, 6.45) is 0.879. The Bertz CT molecular complexity index is 147. The number of aliphatic carboxylic acids is 1. The van der Waals surface area contributed by atoms with Gasteiger partial charge in [0.1, 0.15) is 0 Å². The van der Waals surface area contributed by atoms with Crippen molar-refractivity contribution < 1.29 is 9.90 Å². The zero-order chi connectivity index (χ0) is 9.02. The fourth-order valence-electron chi connectivity index (χ4n) is 1.18. The average Bonchev–Trinajstić information content (AvgIpc) is 1.85. The lowest BCUT2D eigenvalue weighted by atomic mass is 9.87. The molecule has 0 aromatic rings. The molecule has 0 aliphatic heterocycles. The first kappa shape index (κ1) is 10.2. The largest absolute Gasteiger partial charge is 0.481 e. The van der Waals surface area contributed by atoms with Crippen molar-refractivity contribution >= 4 is 5.97 Å². The third kappa shape index (κ3) is 2.74. The highest BCUT2D eigenvalue weighted by Crippen LogP contribution is 2.21. The maximum Gasteiger partial charge on any atom is 0.310 e. The van der Waals surface area contributed by atoms with E-state index >= 15 is 0 Å². The van der Waals surface area contributed by atoms with E-state index in [9.17, 15) is 4.79 Å². The van der Waals surface area contributed by atoms with Crippen molar-refractivity contribution in [3.05, 3.63) is 12.2 Å². The van der Waals surface area contributed by atoms with Crippen molar-refractivity contribution in [2.24, 2.45) is 11.8 Å². The molecule has 64 valence electrons. The minimum absolute atomic E-state index is 0.185. The number of hydrogen-bond acceptors (Lipinski definition) is 1. The lowest BCUT2D eigenvalue weighted by molar-refractivity contribution is -0.141. The van der Waals surface area contributed by atoms with E-state index in [-0.39, 0.29) is 11.8 Å². The van der Waals surface area contributed by atoms with Crippen molar-refractivity contribution in [1.82, 2.24) is 0 Å². The van der Waals surface area contributed by atoms with Gasteiger partial charge in [0.15, 0.2) is 0 Å². The summed E-state index contributed by atoms with van der Waals surface area (Å²) in [7, 11) is 0. The van der Waals surface area contributed by atoms with Crippen LogP contribution >= 0.6 is 0 Å². The fourth-order valence-corrected chi connectivity index (χ4v) is 1.18. The van der Waals surface area contributed by atoms with Crippen LogP contribution in [0, 0.1) is 11.8 Å². The molecule has 0 heterocycles. The van der Waals surface area contributed by atoms with Crippen LogP contribution in [-0.4, -0.2) is 11.1 Å². The van der Waals surface area contributed by atoms with E-state index < -0.39 is 5.97 Å². The number of rotatable bonds is 4. The molecule has 0 aliphatic rings. The van der Waals surface area contributed by atoms with E-state index in [0.717, 1.165) is 12.0 Å². The van der Waals surface area contributed by atoms with Gasteiger partial charge in [-0.2, -0.15) is 0 Å². The summed E-state index contributed by atoms with van der Waals surface area (Å²) >= 11 is 0. The highest BCUT2D eigenvalue weighted by atomic mass is 16.4. The molecule has 0 spiro atoms. The van der Waals surface area contributed by atoms with Gasteiger partial charge in [-0.1, -0.05) is 32.4 Å². The van der Waals surface area contributed by atoms with Gasteiger partial charge in [0.05, 0.1) is 5.92 Å². The van der Waals surface area contributed by atoms with Crippen LogP contribution in [0.4, 0.5) is 0 Å². The molecule has 0 bridgehead atoms. The van der Waals surface area contributed by atoms with E-state index in [1.54, 1.807) is 6.92 Å². The number of carboxylic acid groups (broad SMARTS) is 1. The topological polar surface area (TPSA) is 37.3 Å². The van der Waals surface area contributed by atoms with E-state index in [1.165, 1.54) is 0 Å². The molecule has 0 amide bonds. The van der Waals surface area contributed by atoms with Crippen LogP contribution in [0.1, 0.15) is 27.2 Å². The molecule has 11 heavy (non-hydrogen) atoms. The highest BCUT2D eigenvalue weighted by molar-refractivity contribution is 5.73. The smallest absolute Gasteiger partial charge is 0.310 e. The number of hydrogen-bond donors (Lipinski definition) is 1.